The third kappa shape index (κ3) is 2.19. The quantitative estimate of drug-likeness (QED) is 0.590. The van der Waals surface area contributed by atoms with Crippen molar-refractivity contribution >= 4 is 29.0 Å². The summed E-state index contributed by atoms with van der Waals surface area (Å²) in [5.41, 5.74) is 0. The Morgan fingerprint density at radius 1 is 0.933 bits per heavy atom. The molecule has 0 amide bonds. The van der Waals surface area contributed by atoms with Gasteiger partial charge in [0, 0.05) is 11.8 Å². The molecule has 0 radical (unpaired) electrons. The SMILES string of the molecule is O=C1C2CCCCCCCCC2C1(Cl)Cl. The molecule has 0 aromatic carbocycles. The number of halogens is 2. The molecule has 2 aliphatic rings. The molecule has 2 unspecified atom stereocenters. The first-order chi connectivity index (χ1) is 7.14. The zero-order valence-electron chi connectivity index (χ0n) is 8.98. The monoisotopic (exact) mass is 248 g/mol. The van der Waals surface area contributed by atoms with Gasteiger partial charge in [-0.2, -0.15) is 0 Å². The fourth-order valence-electron chi connectivity index (χ4n) is 2.92. The van der Waals surface area contributed by atoms with Gasteiger partial charge in [0.05, 0.1) is 0 Å². The summed E-state index contributed by atoms with van der Waals surface area (Å²) >= 11 is 12.1. The zero-order chi connectivity index (χ0) is 10.9. The van der Waals surface area contributed by atoms with Crippen molar-refractivity contribution in [1.29, 1.82) is 0 Å². The lowest BCUT2D eigenvalue weighted by Gasteiger charge is -2.46. The Hall–Kier alpha value is 0.250. The van der Waals surface area contributed by atoms with Gasteiger partial charge >= 0.3 is 0 Å². The Balaban J connectivity index is 1.99. The summed E-state index contributed by atoms with van der Waals surface area (Å²) in [7, 11) is 0. The van der Waals surface area contributed by atoms with E-state index >= 15 is 0 Å². The van der Waals surface area contributed by atoms with E-state index in [1.54, 1.807) is 0 Å². The highest BCUT2D eigenvalue weighted by Crippen LogP contribution is 2.53. The smallest absolute Gasteiger partial charge is 0.179 e. The summed E-state index contributed by atoms with van der Waals surface area (Å²) in [5, 5.41) is 0. The van der Waals surface area contributed by atoms with Crippen LogP contribution >= 0.6 is 23.2 Å². The van der Waals surface area contributed by atoms with E-state index in [0.29, 0.717) is 0 Å². The first-order valence-corrected chi connectivity index (χ1v) is 6.82. The average molecular weight is 249 g/mol. The standard InChI is InChI=1S/C12H18Cl2O/c13-12(14)10-8-6-4-2-1-3-5-7-9(10)11(12)15/h9-10H,1-8H2. The van der Waals surface area contributed by atoms with Gasteiger partial charge in [0.15, 0.2) is 10.1 Å². The van der Waals surface area contributed by atoms with Gasteiger partial charge in [0.1, 0.15) is 0 Å². The van der Waals surface area contributed by atoms with Crippen LogP contribution in [0.5, 0.6) is 0 Å². The minimum absolute atomic E-state index is 0.0800. The van der Waals surface area contributed by atoms with Crippen molar-refractivity contribution in [1.82, 2.24) is 0 Å². The molecule has 0 spiro atoms. The molecule has 2 atom stereocenters. The van der Waals surface area contributed by atoms with Crippen molar-refractivity contribution < 1.29 is 4.79 Å². The Kier molecular flexibility index (Phi) is 3.62. The molecule has 0 N–H and O–H groups in total. The van der Waals surface area contributed by atoms with Gasteiger partial charge in [-0.25, -0.2) is 0 Å². The van der Waals surface area contributed by atoms with Crippen molar-refractivity contribution in [3.05, 3.63) is 0 Å². The van der Waals surface area contributed by atoms with Crippen LogP contribution in [0.25, 0.3) is 0 Å². The molecule has 0 aliphatic heterocycles. The van der Waals surface area contributed by atoms with Gasteiger partial charge in [-0.1, -0.05) is 61.7 Å². The van der Waals surface area contributed by atoms with Gasteiger partial charge in [0.2, 0.25) is 0 Å². The predicted octanol–water partition coefficient (Wildman–Crippen LogP) is 4.11. The van der Waals surface area contributed by atoms with E-state index in [9.17, 15) is 4.79 Å². The van der Waals surface area contributed by atoms with Crippen molar-refractivity contribution in [2.24, 2.45) is 11.8 Å². The van der Waals surface area contributed by atoms with Gasteiger partial charge < -0.3 is 0 Å². The molecule has 0 aromatic rings. The first-order valence-electron chi connectivity index (χ1n) is 6.06. The molecule has 0 heterocycles. The first kappa shape index (κ1) is 11.7. The lowest BCUT2D eigenvalue weighted by Crippen LogP contribution is -2.56. The van der Waals surface area contributed by atoms with Crippen LogP contribution in [0.4, 0.5) is 0 Å². The Bertz CT molecular complexity index is 250. The number of carbonyl (C=O) groups is 1. The molecule has 2 saturated carbocycles. The van der Waals surface area contributed by atoms with Crippen LogP contribution in [0, 0.1) is 11.8 Å². The second-order valence-electron chi connectivity index (χ2n) is 4.90. The number of rotatable bonds is 0. The molecular weight excluding hydrogens is 231 g/mol. The van der Waals surface area contributed by atoms with Gasteiger partial charge in [0.25, 0.3) is 0 Å². The summed E-state index contributed by atoms with van der Waals surface area (Å²) in [6.45, 7) is 0. The summed E-state index contributed by atoms with van der Waals surface area (Å²) in [6.07, 6.45) is 9.54. The fourth-order valence-corrected chi connectivity index (χ4v) is 3.72. The number of ketones is 1. The van der Waals surface area contributed by atoms with Gasteiger partial charge in [-0.05, 0) is 12.8 Å². The highest BCUT2D eigenvalue weighted by atomic mass is 35.5. The zero-order valence-corrected chi connectivity index (χ0v) is 10.5. The van der Waals surface area contributed by atoms with E-state index in [2.05, 4.69) is 0 Å². The Labute approximate surface area is 102 Å². The number of Topliss-reactive ketones (excluding diaryl/α,β-unsaturated/α-hetero) is 1. The number of fused-ring (bicyclic) bond motifs is 1. The van der Waals surface area contributed by atoms with Crippen LogP contribution < -0.4 is 0 Å². The van der Waals surface area contributed by atoms with Crippen molar-refractivity contribution in [2.45, 2.75) is 55.7 Å². The third-order valence-electron chi connectivity index (χ3n) is 3.90. The van der Waals surface area contributed by atoms with Crippen LogP contribution in [-0.2, 0) is 4.79 Å². The molecule has 86 valence electrons. The van der Waals surface area contributed by atoms with E-state index in [1.807, 2.05) is 0 Å². The maximum absolute atomic E-state index is 11.7. The van der Waals surface area contributed by atoms with E-state index in [-0.39, 0.29) is 17.6 Å². The normalized spacial score (nSPS) is 36.5. The fraction of sp³-hybridized carbons (Fsp3) is 0.917. The van der Waals surface area contributed by atoms with Crippen molar-refractivity contribution in [2.75, 3.05) is 0 Å². The number of hydrogen-bond donors (Lipinski definition) is 0. The van der Waals surface area contributed by atoms with E-state index in [4.69, 9.17) is 23.2 Å². The molecule has 2 rings (SSSR count). The Morgan fingerprint density at radius 3 is 2.13 bits per heavy atom. The summed E-state index contributed by atoms with van der Waals surface area (Å²) < 4.78 is -1.05. The second kappa shape index (κ2) is 4.63. The van der Waals surface area contributed by atoms with E-state index < -0.39 is 4.33 Å². The van der Waals surface area contributed by atoms with Crippen LogP contribution in [-0.4, -0.2) is 10.1 Å². The van der Waals surface area contributed by atoms with Gasteiger partial charge in [-0.15, -0.1) is 0 Å². The minimum Gasteiger partial charge on any atom is -0.296 e. The van der Waals surface area contributed by atoms with E-state index in [0.717, 1.165) is 19.3 Å². The molecule has 1 nitrogen and oxygen atoms in total. The van der Waals surface area contributed by atoms with Crippen LogP contribution in [0.1, 0.15) is 51.4 Å². The van der Waals surface area contributed by atoms with Crippen molar-refractivity contribution in [3.63, 3.8) is 0 Å². The molecule has 0 bridgehead atoms. The predicted molar refractivity (Wildman–Crippen MR) is 63.4 cm³/mol. The number of carbonyl (C=O) groups excluding carboxylic acids is 1. The molecule has 0 aromatic heterocycles. The highest BCUT2D eigenvalue weighted by molar-refractivity contribution is 6.60. The van der Waals surface area contributed by atoms with Crippen LogP contribution in [0.15, 0.2) is 0 Å². The second-order valence-corrected chi connectivity index (χ2v) is 6.28. The maximum atomic E-state index is 11.7. The lowest BCUT2D eigenvalue weighted by molar-refractivity contribution is -0.136. The topological polar surface area (TPSA) is 17.1 Å². The maximum Gasteiger partial charge on any atom is 0.179 e. The molecule has 2 fully saturated rings. The van der Waals surface area contributed by atoms with E-state index in [1.165, 1.54) is 32.1 Å². The summed E-state index contributed by atoms with van der Waals surface area (Å²) in [6, 6.07) is 0. The Morgan fingerprint density at radius 2 is 1.47 bits per heavy atom. The van der Waals surface area contributed by atoms with Gasteiger partial charge in [-0.3, -0.25) is 4.79 Å². The number of alkyl halides is 2. The van der Waals surface area contributed by atoms with Crippen molar-refractivity contribution in [3.8, 4) is 0 Å². The number of hydrogen-bond acceptors (Lipinski definition) is 1. The molecule has 3 heteroatoms. The molecule has 15 heavy (non-hydrogen) atoms. The lowest BCUT2D eigenvalue weighted by atomic mass is 9.66. The molecule has 2 aliphatic carbocycles. The highest BCUT2D eigenvalue weighted by Gasteiger charge is 2.59. The summed E-state index contributed by atoms with van der Waals surface area (Å²) in [5.74, 6) is 0.473. The van der Waals surface area contributed by atoms with Crippen LogP contribution in [0.3, 0.4) is 0 Å². The minimum atomic E-state index is -1.05. The molecular formula is C12H18Cl2O. The summed E-state index contributed by atoms with van der Waals surface area (Å²) in [4.78, 5) is 11.7. The third-order valence-corrected chi connectivity index (χ3v) is 4.83. The molecule has 0 saturated heterocycles. The van der Waals surface area contributed by atoms with Crippen LogP contribution in [0.2, 0.25) is 0 Å². The average Bonchev–Trinajstić information content (AvgIpc) is 2.24. The largest absolute Gasteiger partial charge is 0.296 e.